The van der Waals surface area contributed by atoms with Crippen LogP contribution in [0.5, 0.6) is 0 Å². The number of hydrogen-bond acceptors (Lipinski definition) is 4. The number of carbonyl (C=O) groups excluding carboxylic acids is 1. The Bertz CT molecular complexity index is 870. The van der Waals surface area contributed by atoms with Crippen LogP contribution >= 0.6 is 0 Å². The van der Waals surface area contributed by atoms with Crippen molar-refractivity contribution in [2.75, 3.05) is 6.61 Å². The maximum Gasteiger partial charge on any atom is 0.217 e. The topological polar surface area (TPSA) is 67.8 Å². The number of hydrogen-bond donors (Lipinski definition) is 2. The van der Waals surface area contributed by atoms with Gasteiger partial charge in [0.2, 0.25) is 5.91 Å². The third-order valence-electron chi connectivity index (χ3n) is 6.28. The van der Waals surface area contributed by atoms with E-state index in [2.05, 4.69) is 29.6 Å². The SMILES string of the molecule is CC(=O)N[C@@H]1C[C@@H]2O[C@H](CO)CC[C@@H]2O[C@@H]1CCc1ccc(-c2ccc(F)cc2)cc1. The lowest BCUT2D eigenvalue weighted by atomic mass is 9.88. The lowest BCUT2D eigenvalue weighted by Gasteiger charge is -2.45. The Morgan fingerprint density at radius 3 is 2.35 bits per heavy atom. The molecule has 5 nitrogen and oxygen atoms in total. The zero-order valence-electron chi connectivity index (χ0n) is 17.8. The fourth-order valence-corrected chi connectivity index (χ4v) is 4.65. The first-order valence-electron chi connectivity index (χ1n) is 11.1. The summed E-state index contributed by atoms with van der Waals surface area (Å²) in [6.07, 6.45) is 3.71. The van der Waals surface area contributed by atoms with Gasteiger partial charge in [0.25, 0.3) is 0 Å². The van der Waals surface area contributed by atoms with E-state index in [1.165, 1.54) is 24.6 Å². The Hall–Kier alpha value is -2.28. The van der Waals surface area contributed by atoms with Crippen LogP contribution in [0, 0.1) is 5.82 Å². The van der Waals surface area contributed by atoms with E-state index in [0.29, 0.717) is 6.42 Å². The summed E-state index contributed by atoms with van der Waals surface area (Å²) in [6.45, 7) is 1.54. The number of ether oxygens (including phenoxy) is 2. The highest BCUT2D eigenvalue weighted by atomic mass is 19.1. The standard InChI is InChI=1S/C25H30FNO4/c1-16(29)27-22-14-25-24(13-11-21(15-28)30-25)31-23(22)12-4-17-2-5-18(6-3-17)19-7-9-20(26)10-8-19/h2-3,5-10,21-25,28H,4,11-15H2,1H3,(H,27,29)/t21-,22+,23+,24-,25-/m0/s1. The third-order valence-corrected chi connectivity index (χ3v) is 6.28. The summed E-state index contributed by atoms with van der Waals surface area (Å²) in [7, 11) is 0. The van der Waals surface area contributed by atoms with Crippen molar-refractivity contribution in [2.24, 2.45) is 0 Å². The summed E-state index contributed by atoms with van der Waals surface area (Å²) >= 11 is 0. The Labute approximate surface area is 182 Å². The van der Waals surface area contributed by atoms with Crippen molar-refractivity contribution in [3.63, 3.8) is 0 Å². The third kappa shape index (κ3) is 5.50. The molecule has 2 aromatic rings. The highest BCUT2D eigenvalue weighted by molar-refractivity contribution is 5.73. The minimum atomic E-state index is -0.237. The van der Waals surface area contributed by atoms with Gasteiger partial charge >= 0.3 is 0 Å². The molecule has 0 bridgehead atoms. The van der Waals surface area contributed by atoms with Gasteiger partial charge in [-0.2, -0.15) is 0 Å². The van der Waals surface area contributed by atoms with Crippen molar-refractivity contribution < 1.29 is 23.8 Å². The van der Waals surface area contributed by atoms with Gasteiger partial charge in [0.05, 0.1) is 37.1 Å². The van der Waals surface area contributed by atoms with Gasteiger partial charge in [0, 0.05) is 6.92 Å². The van der Waals surface area contributed by atoms with Gasteiger partial charge < -0.3 is 19.9 Å². The van der Waals surface area contributed by atoms with E-state index in [-0.39, 0.29) is 48.8 Å². The van der Waals surface area contributed by atoms with Crippen LogP contribution in [0.3, 0.4) is 0 Å². The zero-order chi connectivity index (χ0) is 21.8. The Morgan fingerprint density at radius 2 is 1.71 bits per heavy atom. The van der Waals surface area contributed by atoms with Crippen LogP contribution in [-0.2, 0) is 20.7 Å². The average Bonchev–Trinajstić information content (AvgIpc) is 2.78. The highest BCUT2D eigenvalue weighted by Crippen LogP contribution is 2.33. The van der Waals surface area contributed by atoms with Gasteiger partial charge in [-0.25, -0.2) is 4.39 Å². The van der Waals surface area contributed by atoms with E-state index in [1.54, 1.807) is 12.1 Å². The first-order valence-corrected chi connectivity index (χ1v) is 11.1. The summed E-state index contributed by atoms with van der Waals surface area (Å²) in [4.78, 5) is 11.7. The molecule has 2 aliphatic heterocycles. The molecule has 5 atom stereocenters. The molecule has 2 fully saturated rings. The summed E-state index contributed by atoms with van der Waals surface area (Å²) in [6, 6.07) is 14.7. The summed E-state index contributed by atoms with van der Waals surface area (Å²) < 4.78 is 25.5. The Kier molecular flexibility index (Phi) is 7.00. The molecule has 0 saturated carbocycles. The monoisotopic (exact) mass is 427 g/mol. The molecular formula is C25H30FNO4. The second-order valence-electron chi connectivity index (χ2n) is 8.55. The number of benzene rings is 2. The predicted octanol–water partition coefficient (Wildman–Crippen LogP) is 3.63. The van der Waals surface area contributed by atoms with E-state index in [4.69, 9.17) is 9.47 Å². The molecule has 6 heteroatoms. The van der Waals surface area contributed by atoms with Crippen molar-refractivity contribution in [3.05, 3.63) is 59.9 Å². The smallest absolute Gasteiger partial charge is 0.217 e. The van der Waals surface area contributed by atoms with Gasteiger partial charge in [-0.05, 0) is 60.9 Å². The summed E-state index contributed by atoms with van der Waals surface area (Å²) in [5.41, 5.74) is 3.23. The molecule has 0 radical (unpaired) electrons. The number of rotatable bonds is 6. The molecule has 2 saturated heterocycles. The van der Waals surface area contributed by atoms with Crippen LogP contribution < -0.4 is 5.32 Å². The van der Waals surface area contributed by atoms with Crippen molar-refractivity contribution in [3.8, 4) is 11.1 Å². The molecule has 0 aliphatic carbocycles. The maximum absolute atomic E-state index is 13.1. The number of aryl methyl sites for hydroxylation is 1. The number of amides is 1. The van der Waals surface area contributed by atoms with E-state index < -0.39 is 0 Å². The Balaban J connectivity index is 1.39. The van der Waals surface area contributed by atoms with Crippen molar-refractivity contribution in [1.82, 2.24) is 5.32 Å². The number of halogens is 1. The van der Waals surface area contributed by atoms with E-state index in [1.807, 2.05) is 0 Å². The quantitative estimate of drug-likeness (QED) is 0.739. The van der Waals surface area contributed by atoms with Crippen molar-refractivity contribution in [1.29, 1.82) is 0 Å². The van der Waals surface area contributed by atoms with Crippen molar-refractivity contribution in [2.45, 2.75) is 69.5 Å². The number of nitrogens with one attached hydrogen (secondary N) is 1. The van der Waals surface area contributed by atoms with Crippen LogP contribution in [0.15, 0.2) is 48.5 Å². The summed E-state index contributed by atoms with van der Waals surface area (Å²) in [5.74, 6) is -0.311. The fraction of sp³-hybridized carbons (Fsp3) is 0.480. The predicted molar refractivity (Wildman–Crippen MR) is 116 cm³/mol. The molecule has 2 aliphatic rings. The first-order chi connectivity index (χ1) is 15.0. The van der Waals surface area contributed by atoms with Gasteiger partial charge in [0.1, 0.15) is 5.82 Å². The molecule has 2 N–H and O–H groups in total. The van der Waals surface area contributed by atoms with Gasteiger partial charge in [-0.1, -0.05) is 36.4 Å². The van der Waals surface area contributed by atoms with Crippen LogP contribution in [0.1, 0.15) is 38.2 Å². The minimum absolute atomic E-state index is 0.0126. The number of aliphatic hydroxyl groups is 1. The molecule has 2 heterocycles. The van der Waals surface area contributed by atoms with E-state index in [0.717, 1.165) is 36.8 Å². The average molecular weight is 428 g/mol. The lowest BCUT2D eigenvalue weighted by Crippen LogP contribution is -2.57. The van der Waals surface area contributed by atoms with Gasteiger partial charge in [-0.3, -0.25) is 4.79 Å². The first kappa shape index (κ1) is 21.9. The normalized spacial score (nSPS) is 28.0. The van der Waals surface area contributed by atoms with Crippen LogP contribution in [0.4, 0.5) is 4.39 Å². The maximum atomic E-state index is 13.1. The Morgan fingerprint density at radius 1 is 1.03 bits per heavy atom. The number of aliphatic hydroxyl groups excluding tert-OH is 1. The van der Waals surface area contributed by atoms with E-state index in [9.17, 15) is 14.3 Å². The minimum Gasteiger partial charge on any atom is -0.394 e. The zero-order valence-corrected chi connectivity index (χ0v) is 17.8. The number of fused-ring (bicyclic) bond motifs is 1. The molecule has 166 valence electrons. The molecule has 0 unspecified atom stereocenters. The van der Waals surface area contributed by atoms with Gasteiger partial charge in [0.15, 0.2) is 0 Å². The van der Waals surface area contributed by atoms with Crippen LogP contribution in [-0.4, -0.2) is 48.1 Å². The molecule has 0 aromatic heterocycles. The van der Waals surface area contributed by atoms with Crippen molar-refractivity contribution >= 4 is 5.91 Å². The molecule has 1 amide bonds. The largest absolute Gasteiger partial charge is 0.394 e. The van der Waals surface area contributed by atoms with Crippen LogP contribution in [0.25, 0.3) is 11.1 Å². The second-order valence-corrected chi connectivity index (χ2v) is 8.55. The highest BCUT2D eigenvalue weighted by Gasteiger charge is 2.42. The molecule has 2 aromatic carbocycles. The molecule has 31 heavy (non-hydrogen) atoms. The summed E-state index contributed by atoms with van der Waals surface area (Å²) in [5, 5.41) is 12.4. The lowest BCUT2D eigenvalue weighted by molar-refractivity contribution is -0.202. The fourth-order valence-electron chi connectivity index (χ4n) is 4.65. The van der Waals surface area contributed by atoms with Crippen LogP contribution in [0.2, 0.25) is 0 Å². The second kappa shape index (κ2) is 9.90. The molecule has 4 rings (SSSR count). The van der Waals surface area contributed by atoms with Gasteiger partial charge in [-0.15, -0.1) is 0 Å². The van der Waals surface area contributed by atoms with E-state index >= 15 is 0 Å². The molecular weight excluding hydrogens is 397 g/mol. The number of carbonyl (C=O) groups is 1. The molecule has 0 spiro atoms.